The Morgan fingerprint density at radius 2 is 0.438 bits per heavy atom. The number of carbonyl (C=O) groups is 2. The molecule has 0 amide bonds. The van der Waals surface area contributed by atoms with Crippen molar-refractivity contribution in [3.63, 3.8) is 0 Å². The first-order valence-electron chi connectivity index (χ1n) is 8.07. The zero-order chi connectivity index (χ0) is 16.3. The highest BCUT2D eigenvalue weighted by Gasteiger charge is 2.07. The topological polar surface area (TPSA) is 34.1 Å². The Labute approximate surface area is 215 Å². The van der Waals surface area contributed by atoms with Crippen molar-refractivity contribution >= 4 is 11.6 Å². The van der Waals surface area contributed by atoms with Crippen molar-refractivity contribution in [2.45, 2.75) is 170 Å². The molecule has 0 radical (unpaired) electrons. The minimum Gasteiger partial charge on any atom is -0.300 e. The van der Waals surface area contributed by atoms with Crippen molar-refractivity contribution in [1.82, 2.24) is 0 Å². The van der Waals surface area contributed by atoms with Gasteiger partial charge in [0.25, 0.3) is 0 Å². The van der Waals surface area contributed by atoms with Crippen molar-refractivity contribution in [2.24, 2.45) is 23.7 Å². The SMILES string of the molecule is C.C.C.C.C.C.C.C.C.C.C.C.CC(C)CC(=O)CC(C)C.CC(C)CC(=O)CC(C)C. The molecule has 0 fully saturated rings. The molecule has 0 saturated heterocycles. The van der Waals surface area contributed by atoms with E-state index in [-0.39, 0.29) is 89.1 Å². The number of Topliss-reactive ketones (excluding diaryl/α,β-unsaturated/α-hetero) is 2. The molecule has 0 aliphatic carbocycles. The molecule has 0 saturated carbocycles. The summed E-state index contributed by atoms with van der Waals surface area (Å²) in [5, 5.41) is 0. The van der Waals surface area contributed by atoms with Crippen LogP contribution in [0.15, 0.2) is 0 Å². The van der Waals surface area contributed by atoms with E-state index in [1.807, 2.05) is 0 Å². The average molecular weight is 477 g/mol. The zero-order valence-corrected chi connectivity index (χ0v) is 15.0. The molecule has 0 bridgehead atoms. The quantitative estimate of drug-likeness (QED) is 0.349. The lowest BCUT2D eigenvalue weighted by Gasteiger charge is -2.05. The number of rotatable bonds is 8. The van der Waals surface area contributed by atoms with E-state index in [1.165, 1.54) is 0 Å². The predicted molar refractivity (Wildman–Crippen MR) is 169 cm³/mol. The average Bonchev–Trinajstić information content (AvgIpc) is 2.11. The molecule has 0 rings (SSSR count). The molecule has 0 aromatic heterocycles. The van der Waals surface area contributed by atoms with Gasteiger partial charge in [0.1, 0.15) is 11.6 Å². The van der Waals surface area contributed by atoms with Crippen LogP contribution in [0.2, 0.25) is 0 Å². The third-order valence-corrected chi connectivity index (χ3v) is 2.54. The van der Waals surface area contributed by atoms with Crippen molar-refractivity contribution in [3.8, 4) is 0 Å². The van der Waals surface area contributed by atoms with Gasteiger partial charge in [-0.25, -0.2) is 0 Å². The first-order valence-corrected chi connectivity index (χ1v) is 8.07. The van der Waals surface area contributed by atoms with Crippen LogP contribution in [-0.4, -0.2) is 11.6 Å². The standard InChI is InChI=1S/2C9H18O.12CH4/c2*1-7(2)5-9(10)6-8(3)4;;;;;;;;;;;;/h2*7-8H,5-6H2,1-4H3;12*1H4. The van der Waals surface area contributed by atoms with Gasteiger partial charge in [0.15, 0.2) is 0 Å². The van der Waals surface area contributed by atoms with Crippen LogP contribution in [0.25, 0.3) is 0 Å². The summed E-state index contributed by atoms with van der Waals surface area (Å²) in [6.07, 6.45) is 2.99. The predicted octanol–water partition coefficient (Wildman–Crippen LogP) is 12.9. The van der Waals surface area contributed by atoms with E-state index in [4.69, 9.17) is 0 Å². The van der Waals surface area contributed by atoms with Gasteiger partial charge in [0, 0.05) is 25.7 Å². The molecule has 0 N–H and O–H groups in total. The summed E-state index contributed by atoms with van der Waals surface area (Å²) in [6.45, 7) is 16.7. The maximum Gasteiger partial charge on any atom is 0.133 e. The molecule has 0 spiro atoms. The van der Waals surface area contributed by atoms with Gasteiger partial charge in [-0.2, -0.15) is 0 Å². The molecule has 0 atom stereocenters. The summed E-state index contributed by atoms with van der Waals surface area (Å²) in [7, 11) is 0. The van der Waals surface area contributed by atoms with Crippen LogP contribution in [0.5, 0.6) is 0 Å². The van der Waals surface area contributed by atoms with Crippen molar-refractivity contribution in [1.29, 1.82) is 0 Å². The number of hydrogen-bond donors (Lipinski definition) is 0. The molecule has 0 unspecified atom stereocenters. The molecule has 0 heterocycles. The molecule has 0 aromatic carbocycles. The van der Waals surface area contributed by atoms with E-state index in [0.29, 0.717) is 35.2 Å². The fourth-order valence-corrected chi connectivity index (χ4v) is 1.99. The maximum atomic E-state index is 11.1. The summed E-state index contributed by atoms with van der Waals surface area (Å²) >= 11 is 0. The number of carbonyl (C=O) groups excluding carboxylic acids is 2. The highest BCUT2D eigenvalue weighted by atomic mass is 16.1. The van der Waals surface area contributed by atoms with Gasteiger partial charge >= 0.3 is 0 Å². The minimum atomic E-state index is 0. The molecule has 0 aromatic rings. The molecule has 2 heteroatoms. The monoisotopic (exact) mass is 477 g/mol. The van der Waals surface area contributed by atoms with Crippen LogP contribution in [0.1, 0.15) is 170 Å². The maximum absolute atomic E-state index is 11.1. The highest BCUT2D eigenvalue weighted by molar-refractivity contribution is 5.79. The molecule has 2 nitrogen and oxygen atoms in total. The Morgan fingerprint density at radius 1 is 0.344 bits per heavy atom. The van der Waals surface area contributed by atoms with Gasteiger partial charge in [-0.1, -0.05) is 145 Å². The normalized spacial score (nSPS) is 6.88. The second-order valence-corrected chi connectivity index (χ2v) is 7.47. The van der Waals surface area contributed by atoms with Crippen LogP contribution in [0.3, 0.4) is 0 Å². The molecule has 0 aliphatic rings. The summed E-state index contributed by atoms with van der Waals surface area (Å²) in [4.78, 5) is 22.1. The molecule has 216 valence electrons. The summed E-state index contributed by atoms with van der Waals surface area (Å²) in [5.41, 5.74) is 0. The Hall–Kier alpha value is -0.660. The molecular formula is C30H84O2. The first-order chi connectivity index (χ1) is 9.04. The lowest BCUT2D eigenvalue weighted by molar-refractivity contribution is -0.121. The van der Waals surface area contributed by atoms with Gasteiger partial charge in [0.2, 0.25) is 0 Å². The van der Waals surface area contributed by atoms with E-state index in [1.54, 1.807) is 0 Å². The van der Waals surface area contributed by atoms with Crippen LogP contribution in [0.4, 0.5) is 0 Å². The van der Waals surface area contributed by atoms with Gasteiger partial charge in [0.05, 0.1) is 0 Å². The Morgan fingerprint density at radius 3 is 0.500 bits per heavy atom. The molecule has 32 heavy (non-hydrogen) atoms. The van der Waals surface area contributed by atoms with Gasteiger partial charge in [-0.15, -0.1) is 0 Å². The van der Waals surface area contributed by atoms with E-state index < -0.39 is 0 Å². The lowest BCUT2D eigenvalue weighted by Crippen LogP contribution is -2.05. The highest BCUT2D eigenvalue weighted by Crippen LogP contribution is 2.08. The van der Waals surface area contributed by atoms with Crippen molar-refractivity contribution in [2.75, 3.05) is 0 Å². The fraction of sp³-hybridized carbons (Fsp3) is 0.933. The van der Waals surface area contributed by atoms with E-state index in [2.05, 4.69) is 55.4 Å². The van der Waals surface area contributed by atoms with Crippen LogP contribution in [-0.2, 0) is 9.59 Å². The van der Waals surface area contributed by atoms with Crippen LogP contribution >= 0.6 is 0 Å². The van der Waals surface area contributed by atoms with Crippen LogP contribution < -0.4 is 0 Å². The Kier molecular flexibility index (Phi) is 172. The first kappa shape index (κ1) is 95.9. The van der Waals surface area contributed by atoms with E-state index >= 15 is 0 Å². The summed E-state index contributed by atoms with van der Waals surface area (Å²) in [5.74, 6) is 2.89. The third-order valence-electron chi connectivity index (χ3n) is 2.54. The smallest absolute Gasteiger partial charge is 0.133 e. The fourth-order valence-electron chi connectivity index (χ4n) is 1.99. The van der Waals surface area contributed by atoms with Crippen molar-refractivity contribution < 1.29 is 9.59 Å². The lowest BCUT2D eigenvalue weighted by atomic mass is 10.00. The van der Waals surface area contributed by atoms with Crippen LogP contribution in [0, 0.1) is 23.7 Å². The van der Waals surface area contributed by atoms with Gasteiger partial charge < -0.3 is 0 Å². The van der Waals surface area contributed by atoms with E-state index in [9.17, 15) is 9.59 Å². The zero-order valence-electron chi connectivity index (χ0n) is 15.0. The second kappa shape index (κ2) is 57.4. The second-order valence-electron chi connectivity index (χ2n) is 7.47. The number of ketones is 2. The van der Waals surface area contributed by atoms with Crippen molar-refractivity contribution in [3.05, 3.63) is 0 Å². The molecular weight excluding hydrogens is 392 g/mol. The van der Waals surface area contributed by atoms with Gasteiger partial charge in [-0.3, -0.25) is 9.59 Å². The summed E-state index contributed by atoms with van der Waals surface area (Å²) < 4.78 is 0. The van der Waals surface area contributed by atoms with Gasteiger partial charge in [-0.05, 0) is 23.7 Å². The summed E-state index contributed by atoms with van der Waals surface area (Å²) in [6, 6.07) is 0. The third kappa shape index (κ3) is 100. The van der Waals surface area contributed by atoms with E-state index in [0.717, 1.165) is 25.7 Å². The Balaban J connectivity index is -0.0000000123. The number of hydrogen-bond acceptors (Lipinski definition) is 2. The largest absolute Gasteiger partial charge is 0.300 e. The minimum absolute atomic E-state index is 0. The molecule has 0 aliphatic heterocycles. The Bertz CT molecular complexity index is 212.